The maximum Gasteiger partial charge on any atom is 0.154 e. The summed E-state index contributed by atoms with van der Waals surface area (Å²) in [6.07, 6.45) is 1.93. The van der Waals surface area contributed by atoms with Crippen LogP contribution in [-0.2, 0) is 0 Å². The molecule has 3 nitrogen and oxygen atoms in total. The van der Waals surface area contributed by atoms with Crippen molar-refractivity contribution in [1.29, 1.82) is 0 Å². The fraction of sp³-hybridized carbons (Fsp3) is 0. The highest BCUT2D eigenvalue weighted by molar-refractivity contribution is 6.03. The van der Waals surface area contributed by atoms with Crippen molar-refractivity contribution in [3.63, 3.8) is 0 Å². The van der Waals surface area contributed by atoms with Crippen LogP contribution in [-0.4, -0.2) is 4.98 Å². The van der Waals surface area contributed by atoms with Gasteiger partial charge in [0.05, 0.1) is 0 Å². The van der Waals surface area contributed by atoms with E-state index in [1.165, 1.54) is 22.3 Å². The van der Waals surface area contributed by atoms with Gasteiger partial charge in [-0.1, -0.05) is 109 Å². The molecule has 8 rings (SSSR count). The number of para-hydroxylation sites is 1. The van der Waals surface area contributed by atoms with Gasteiger partial charge in [-0.05, 0) is 82.4 Å². The molecule has 0 saturated carbocycles. The lowest BCUT2D eigenvalue weighted by molar-refractivity contribution is 0.668. The first-order valence-corrected chi connectivity index (χ1v) is 14.8. The number of benzene rings is 6. The van der Waals surface area contributed by atoms with E-state index in [9.17, 15) is 0 Å². The van der Waals surface area contributed by atoms with Gasteiger partial charge in [-0.25, -0.2) is 0 Å². The van der Waals surface area contributed by atoms with Gasteiger partial charge in [-0.3, -0.25) is 4.98 Å². The number of hydrogen-bond donors (Lipinski definition) is 0. The minimum absolute atomic E-state index is 0.798. The second kappa shape index (κ2) is 11.0. The zero-order valence-electron chi connectivity index (χ0n) is 24.0. The molecule has 0 aliphatic carbocycles. The molecule has 0 aliphatic rings. The normalized spacial score (nSPS) is 11.2. The summed E-state index contributed by atoms with van der Waals surface area (Å²) in [6, 6.07) is 57.3. The Kier molecular flexibility index (Phi) is 6.47. The number of fused-ring (bicyclic) bond motifs is 3. The second-order valence-electron chi connectivity index (χ2n) is 10.9. The fourth-order valence-electron chi connectivity index (χ4n) is 5.87. The standard InChI is InChI=1S/C41H28N2O/c1-3-9-29(10-4-1)31-15-21-35(22-16-31)43(36-23-17-32(18-24-36)30-11-5-2-6-12-30)37-25-19-33(20-26-37)34-27-40-41(42-28-34)38-13-7-8-14-39(38)44-40/h1-28H. The molecule has 208 valence electrons. The molecule has 0 unspecified atom stereocenters. The molecule has 0 atom stereocenters. The maximum atomic E-state index is 6.10. The van der Waals surface area contributed by atoms with Gasteiger partial charge in [0, 0.05) is 34.2 Å². The molecule has 0 N–H and O–H groups in total. The number of hydrogen-bond acceptors (Lipinski definition) is 3. The number of furan rings is 1. The number of aromatic nitrogens is 1. The minimum atomic E-state index is 0.798. The molecule has 0 saturated heterocycles. The van der Waals surface area contributed by atoms with Gasteiger partial charge in [0.25, 0.3) is 0 Å². The summed E-state index contributed by atoms with van der Waals surface area (Å²) in [6.45, 7) is 0. The average Bonchev–Trinajstić information content (AvgIpc) is 3.48. The van der Waals surface area contributed by atoms with E-state index < -0.39 is 0 Å². The van der Waals surface area contributed by atoms with Gasteiger partial charge >= 0.3 is 0 Å². The van der Waals surface area contributed by atoms with Crippen LogP contribution >= 0.6 is 0 Å². The van der Waals surface area contributed by atoms with Crippen LogP contribution in [0.2, 0.25) is 0 Å². The van der Waals surface area contributed by atoms with Crippen molar-refractivity contribution in [3.8, 4) is 33.4 Å². The fourth-order valence-corrected chi connectivity index (χ4v) is 5.87. The predicted molar refractivity (Wildman–Crippen MR) is 183 cm³/mol. The maximum absolute atomic E-state index is 6.10. The molecule has 2 heterocycles. The van der Waals surface area contributed by atoms with Crippen molar-refractivity contribution in [2.75, 3.05) is 4.90 Å². The highest BCUT2D eigenvalue weighted by atomic mass is 16.3. The highest BCUT2D eigenvalue weighted by Gasteiger charge is 2.15. The number of rotatable bonds is 6. The Morgan fingerprint density at radius 2 is 0.818 bits per heavy atom. The van der Waals surface area contributed by atoms with E-state index in [1.54, 1.807) is 0 Å². The molecule has 2 aromatic heterocycles. The third kappa shape index (κ3) is 4.81. The summed E-state index contributed by atoms with van der Waals surface area (Å²) in [7, 11) is 0. The summed E-state index contributed by atoms with van der Waals surface area (Å²) in [5.74, 6) is 0. The summed E-state index contributed by atoms with van der Waals surface area (Å²) in [5, 5.41) is 1.04. The molecule has 0 spiro atoms. The summed E-state index contributed by atoms with van der Waals surface area (Å²) in [4.78, 5) is 7.06. The van der Waals surface area contributed by atoms with Gasteiger partial charge in [0.15, 0.2) is 5.58 Å². The lowest BCUT2D eigenvalue weighted by Gasteiger charge is -2.26. The largest absolute Gasteiger partial charge is 0.454 e. The van der Waals surface area contributed by atoms with E-state index in [0.29, 0.717) is 0 Å². The third-order valence-electron chi connectivity index (χ3n) is 8.14. The van der Waals surface area contributed by atoms with Crippen molar-refractivity contribution in [3.05, 3.63) is 170 Å². The lowest BCUT2D eigenvalue weighted by Crippen LogP contribution is -2.09. The first kappa shape index (κ1) is 25.8. The van der Waals surface area contributed by atoms with Crippen LogP contribution in [0.25, 0.3) is 55.4 Å². The lowest BCUT2D eigenvalue weighted by atomic mass is 10.0. The van der Waals surface area contributed by atoms with Crippen LogP contribution in [0.3, 0.4) is 0 Å². The Hall–Kier alpha value is -5.93. The van der Waals surface area contributed by atoms with Crippen molar-refractivity contribution in [1.82, 2.24) is 4.98 Å². The third-order valence-corrected chi connectivity index (χ3v) is 8.14. The summed E-state index contributed by atoms with van der Waals surface area (Å²) >= 11 is 0. The van der Waals surface area contributed by atoms with Crippen molar-refractivity contribution < 1.29 is 4.42 Å². The Labute approximate surface area is 256 Å². The Morgan fingerprint density at radius 3 is 1.34 bits per heavy atom. The van der Waals surface area contributed by atoms with E-state index in [-0.39, 0.29) is 0 Å². The van der Waals surface area contributed by atoms with E-state index >= 15 is 0 Å². The van der Waals surface area contributed by atoms with Crippen LogP contribution < -0.4 is 4.90 Å². The van der Waals surface area contributed by atoms with Crippen LogP contribution in [0.1, 0.15) is 0 Å². The van der Waals surface area contributed by atoms with Crippen LogP contribution in [0.4, 0.5) is 17.1 Å². The van der Waals surface area contributed by atoms with Gasteiger partial charge in [-0.15, -0.1) is 0 Å². The van der Waals surface area contributed by atoms with Gasteiger partial charge in [0.2, 0.25) is 0 Å². The molecule has 3 heteroatoms. The van der Waals surface area contributed by atoms with Crippen molar-refractivity contribution in [2.24, 2.45) is 0 Å². The number of nitrogens with zero attached hydrogens (tertiary/aromatic N) is 2. The SMILES string of the molecule is c1ccc(-c2ccc(N(c3ccc(-c4ccccc4)cc3)c3ccc(-c4cnc5c(c4)oc4ccccc45)cc3)cc2)cc1. The molecule has 0 amide bonds. The van der Waals surface area contributed by atoms with E-state index in [0.717, 1.165) is 50.3 Å². The molecule has 0 radical (unpaired) electrons. The van der Waals surface area contributed by atoms with Gasteiger partial charge < -0.3 is 9.32 Å². The minimum Gasteiger partial charge on any atom is -0.454 e. The quantitative estimate of drug-likeness (QED) is 0.201. The zero-order chi connectivity index (χ0) is 29.3. The van der Waals surface area contributed by atoms with Crippen molar-refractivity contribution in [2.45, 2.75) is 0 Å². The summed E-state index contributed by atoms with van der Waals surface area (Å²) in [5.41, 5.74) is 12.7. The molecule has 0 fully saturated rings. The molecule has 6 aromatic carbocycles. The Morgan fingerprint density at radius 1 is 0.386 bits per heavy atom. The second-order valence-corrected chi connectivity index (χ2v) is 10.9. The van der Waals surface area contributed by atoms with Crippen LogP contribution in [0, 0.1) is 0 Å². The molecule has 0 bridgehead atoms. The molecular weight excluding hydrogens is 536 g/mol. The van der Waals surface area contributed by atoms with Gasteiger partial charge in [0.1, 0.15) is 11.1 Å². The van der Waals surface area contributed by atoms with Crippen LogP contribution in [0.5, 0.6) is 0 Å². The average molecular weight is 565 g/mol. The number of anilines is 3. The monoisotopic (exact) mass is 564 g/mol. The topological polar surface area (TPSA) is 29.3 Å². The smallest absolute Gasteiger partial charge is 0.154 e. The first-order valence-electron chi connectivity index (χ1n) is 14.8. The zero-order valence-corrected chi connectivity index (χ0v) is 24.0. The van der Waals surface area contributed by atoms with Crippen LogP contribution in [0.15, 0.2) is 174 Å². The van der Waals surface area contributed by atoms with E-state index in [4.69, 9.17) is 9.40 Å². The van der Waals surface area contributed by atoms with E-state index in [2.05, 4.69) is 138 Å². The first-order chi connectivity index (χ1) is 21.8. The molecule has 0 aliphatic heterocycles. The highest BCUT2D eigenvalue weighted by Crippen LogP contribution is 2.38. The Bertz CT molecular complexity index is 2100. The Balaban J connectivity index is 1.16. The molecular formula is C41H28N2O. The summed E-state index contributed by atoms with van der Waals surface area (Å²) < 4.78 is 6.10. The number of pyridine rings is 1. The molecule has 44 heavy (non-hydrogen) atoms. The van der Waals surface area contributed by atoms with E-state index in [1.807, 2.05) is 36.5 Å². The molecule has 8 aromatic rings. The van der Waals surface area contributed by atoms with Gasteiger partial charge in [-0.2, -0.15) is 0 Å². The van der Waals surface area contributed by atoms with Crippen molar-refractivity contribution >= 4 is 39.1 Å². The predicted octanol–water partition coefficient (Wildman–Crippen LogP) is 11.5.